The maximum absolute atomic E-state index is 9.55. The molecular formula is C27H33N3O6S. The van der Waals surface area contributed by atoms with E-state index in [0.29, 0.717) is 25.4 Å². The normalized spacial score (nSPS) is 15.2. The van der Waals surface area contributed by atoms with Crippen molar-refractivity contribution in [1.82, 2.24) is 9.80 Å². The van der Waals surface area contributed by atoms with Crippen LogP contribution in [0, 0.1) is 0 Å². The number of carboxylic acid groups (broad SMARTS) is 2. The van der Waals surface area contributed by atoms with Gasteiger partial charge in [-0.25, -0.2) is 14.6 Å². The lowest BCUT2D eigenvalue weighted by molar-refractivity contribution is -0.134. The van der Waals surface area contributed by atoms with Crippen molar-refractivity contribution in [2.45, 2.75) is 16.7 Å². The monoisotopic (exact) mass is 527 g/mol. The lowest BCUT2D eigenvalue weighted by Crippen LogP contribution is -2.49. The Morgan fingerprint density at radius 1 is 0.892 bits per heavy atom. The summed E-state index contributed by atoms with van der Waals surface area (Å²) in [5.41, 5.74) is 2.30. The second kappa shape index (κ2) is 15.2. The number of carbonyl (C=O) groups is 2. The Morgan fingerprint density at radius 2 is 1.51 bits per heavy atom. The van der Waals surface area contributed by atoms with Crippen LogP contribution in [0.3, 0.4) is 0 Å². The van der Waals surface area contributed by atoms with Crippen molar-refractivity contribution >= 4 is 35.2 Å². The molecule has 0 spiro atoms. The smallest absolute Gasteiger partial charge is 0.328 e. The molecule has 0 unspecified atom stereocenters. The van der Waals surface area contributed by atoms with E-state index in [2.05, 4.69) is 58.3 Å². The molecule has 0 radical (unpaired) electrons. The number of carboxylic acids is 2. The maximum Gasteiger partial charge on any atom is 0.328 e. The van der Waals surface area contributed by atoms with E-state index in [1.165, 1.54) is 15.4 Å². The molecule has 0 aromatic heterocycles. The third-order valence-electron chi connectivity index (χ3n) is 5.61. The number of rotatable bonds is 9. The minimum Gasteiger partial charge on any atom is -0.478 e. The first-order valence-electron chi connectivity index (χ1n) is 12.2. The molecule has 0 amide bonds. The van der Waals surface area contributed by atoms with Gasteiger partial charge >= 0.3 is 11.9 Å². The lowest BCUT2D eigenvalue weighted by Gasteiger charge is -2.36. The van der Waals surface area contributed by atoms with Crippen molar-refractivity contribution in [2.75, 3.05) is 59.2 Å². The van der Waals surface area contributed by atoms with Gasteiger partial charge in [0.2, 0.25) is 0 Å². The lowest BCUT2D eigenvalue weighted by atomic mass is 10.1. The van der Waals surface area contributed by atoms with Gasteiger partial charge in [-0.1, -0.05) is 42.1 Å². The summed E-state index contributed by atoms with van der Waals surface area (Å²) >= 11 is 1.81. The molecule has 2 aliphatic rings. The molecular weight excluding hydrogens is 494 g/mol. The summed E-state index contributed by atoms with van der Waals surface area (Å²) in [4.78, 5) is 31.6. The van der Waals surface area contributed by atoms with Crippen LogP contribution in [0.4, 0.5) is 5.69 Å². The fourth-order valence-corrected chi connectivity index (χ4v) is 4.81. The van der Waals surface area contributed by atoms with Crippen LogP contribution in [0.25, 0.3) is 0 Å². The molecule has 0 bridgehead atoms. The third-order valence-corrected chi connectivity index (χ3v) is 6.75. The Morgan fingerprint density at radius 3 is 2.19 bits per heavy atom. The highest BCUT2D eigenvalue weighted by Crippen LogP contribution is 2.40. The van der Waals surface area contributed by atoms with Gasteiger partial charge in [0.1, 0.15) is 5.84 Å². The Kier molecular flexibility index (Phi) is 11.6. The zero-order valence-electron chi connectivity index (χ0n) is 20.9. The summed E-state index contributed by atoms with van der Waals surface area (Å²) in [6, 6.07) is 17.1. The molecule has 2 heterocycles. The first kappa shape index (κ1) is 28.4. The number of para-hydroxylation sites is 1. The number of ether oxygens (including phenoxy) is 2. The predicted molar refractivity (Wildman–Crippen MR) is 143 cm³/mol. The van der Waals surface area contributed by atoms with Crippen LogP contribution in [0.5, 0.6) is 0 Å². The van der Waals surface area contributed by atoms with Gasteiger partial charge in [-0.3, -0.25) is 4.90 Å². The molecule has 0 saturated carbocycles. The van der Waals surface area contributed by atoms with Gasteiger partial charge in [-0.2, -0.15) is 0 Å². The second-order valence-corrected chi connectivity index (χ2v) is 9.23. The van der Waals surface area contributed by atoms with E-state index in [1.807, 2.05) is 18.7 Å². The van der Waals surface area contributed by atoms with E-state index in [1.54, 1.807) is 0 Å². The molecule has 9 nitrogen and oxygen atoms in total. The number of benzene rings is 2. The van der Waals surface area contributed by atoms with Crippen LogP contribution < -0.4 is 0 Å². The molecule has 2 aliphatic heterocycles. The van der Waals surface area contributed by atoms with E-state index in [0.717, 1.165) is 57.5 Å². The van der Waals surface area contributed by atoms with Crippen molar-refractivity contribution in [1.29, 1.82) is 0 Å². The SMILES string of the molecule is CCOCCOCCN1CCN(C2=Nc3ccccc3Sc3ccccc32)CC1.O=C(O)/C=C/C(=O)O. The average Bonchev–Trinajstić information content (AvgIpc) is 3.07. The Labute approximate surface area is 221 Å². The largest absolute Gasteiger partial charge is 0.478 e. The summed E-state index contributed by atoms with van der Waals surface area (Å²) < 4.78 is 11.0. The molecule has 1 saturated heterocycles. The number of amidine groups is 1. The fourth-order valence-electron chi connectivity index (χ4n) is 3.79. The predicted octanol–water partition coefficient (Wildman–Crippen LogP) is 3.61. The van der Waals surface area contributed by atoms with Gasteiger partial charge in [0, 0.05) is 66.8 Å². The molecule has 2 aromatic carbocycles. The van der Waals surface area contributed by atoms with Crippen molar-refractivity contribution in [2.24, 2.45) is 4.99 Å². The minimum absolute atomic E-state index is 0.558. The summed E-state index contributed by atoms with van der Waals surface area (Å²) in [6.45, 7) is 9.90. The van der Waals surface area contributed by atoms with E-state index < -0.39 is 11.9 Å². The Bertz CT molecular complexity index is 1080. The van der Waals surface area contributed by atoms with Crippen LogP contribution in [-0.2, 0) is 19.1 Å². The Balaban J connectivity index is 0.000000414. The highest BCUT2D eigenvalue weighted by molar-refractivity contribution is 7.99. The van der Waals surface area contributed by atoms with Gasteiger partial charge < -0.3 is 24.6 Å². The molecule has 198 valence electrons. The molecule has 37 heavy (non-hydrogen) atoms. The summed E-state index contributed by atoms with van der Waals surface area (Å²) in [5.74, 6) is -1.41. The molecule has 2 N–H and O–H groups in total. The van der Waals surface area contributed by atoms with Crippen LogP contribution in [0.1, 0.15) is 12.5 Å². The molecule has 0 atom stereocenters. The molecule has 2 aromatic rings. The van der Waals surface area contributed by atoms with E-state index in [-0.39, 0.29) is 0 Å². The summed E-state index contributed by atoms with van der Waals surface area (Å²) in [7, 11) is 0. The highest BCUT2D eigenvalue weighted by Gasteiger charge is 2.25. The number of nitrogens with zero attached hydrogens (tertiary/aromatic N) is 3. The molecule has 4 rings (SSSR count). The number of hydrogen-bond acceptors (Lipinski definition) is 8. The standard InChI is InChI=1S/C23H29N3O2S.C4H4O4/c1-2-27-17-18-28-16-15-25-11-13-26(14-12-25)23-19-7-3-5-9-21(19)29-22-10-6-4-8-20(22)24-23;5-3(6)1-2-4(7)8/h3-10H,2,11-18H2,1H3;1-2H,(H,5,6)(H,7,8)/b;2-1+. The van der Waals surface area contributed by atoms with Gasteiger partial charge in [0.25, 0.3) is 0 Å². The number of fused-ring (bicyclic) bond motifs is 2. The number of aliphatic imine (C=N–C) groups is 1. The first-order valence-corrected chi connectivity index (χ1v) is 13.0. The zero-order chi connectivity index (χ0) is 26.5. The second-order valence-electron chi connectivity index (χ2n) is 8.15. The van der Waals surface area contributed by atoms with Gasteiger partial charge in [-0.05, 0) is 25.1 Å². The van der Waals surface area contributed by atoms with Crippen LogP contribution in [0.2, 0.25) is 0 Å². The summed E-state index contributed by atoms with van der Waals surface area (Å²) in [6.07, 6.45) is 1.12. The van der Waals surface area contributed by atoms with Gasteiger partial charge in [0.15, 0.2) is 0 Å². The quantitative estimate of drug-likeness (QED) is 0.373. The van der Waals surface area contributed by atoms with Crippen LogP contribution >= 0.6 is 11.8 Å². The van der Waals surface area contributed by atoms with E-state index in [9.17, 15) is 9.59 Å². The first-order chi connectivity index (χ1) is 18.0. The fraction of sp³-hybridized carbons (Fsp3) is 0.370. The Hall–Kier alpha value is -3.18. The molecule has 0 aliphatic carbocycles. The van der Waals surface area contributed by atoms with Crippen molar-refractivity contribution < 1.29 is 29.3 Å². The van der Waals surface area contributed by atoms with Gasteiger partial charge in [-0.15, -0.1) is 0 Å². The van der Waals surface area contributed by atoms with E-state index in [4.69, 9.17) is 24.7 Å². The maximum atomic E-state index is 9.55. The minimum atomic E-state index is -1.26. The number of hydrogen-bond donors (Lipinski definition) is 2. The van der Waals surface area contributed by atoms with Crippen molar-refractivity contribution in [3.8, 4) is 0 Å². The van der Waals surface area contributed by atoms with Crippen LogP contribution in [-0.4, -0.2) is 96.9 Å². The highest BCUT2D eigenvalue weighted by atomic mass is 32.2. The number of aliphatic carboxylic acids is 2. The van der Waals surface area contributed by atoms with E-state index >= 15 is 0 Å². The number of piperazine rings is 1. The molecule has 1 fully saturated rings. The third kappa shape index (κ3) is 9.32. The summed E-state index contributed by atoms with van der Waals surface area (Å²) in [5, 5.41) is 15.6. The van der Waals surface area contributed by atoms with Crippen LogP contribution in [0.15, 0.2) is 75.5 Å². The molecule has 10 heteroatoms. The topological polar surface area (TPSA) is 112 Å². The average molecular weight is 528 g/mol. The van der Waals surface area contributed by atoms with Crippen molar-refractivity contribution in [3.05, 3.63) is 66.2 Å². The zero-order valence-corrected chi connectivity index (χ0v) is 21.7. The van der Waals surface area contributed by atoms with Gasteiger partial charge in [0.05, 0.1) is 25.5 Å². The van der Waals surface area contributed by atoms with Crippen molar-refractivity contribution in [3.63, 3.8) is 0 Å².